The van der Waals surface area contributed by atoms with Gasteiger partial charge < -0.3 is 5.32 Å². The fraction of sp³-hybridized carbons (Fsp3) is 0.333. The largest absolute Gasteiger partial charge is 0.377 e. The number of aryl methyl sites for hydroxylation is 1. The van der Waals surface area contributed by atoms with E-state index in [0.29, 0.717) is 0 Å². The quantitative estimate of drug-likeness (QED) is 0.857. The van der Waals surface area contributed by atoms with Crippen LogP contribution in [0.5, 0.6) is 0 Å². The maximum Gasteiger partial charge on any atom is 0.176 e. The molecule has 0 saturated carbocycles. The maximum atomic E-state index is 11.5. The van der Waals surface area contributed by atoms with Crippen LogP contribution in [-0.4, -0.2) is 19.7 Å². The van der Waals surface area contributed by atoms with E-state index >= 15 is 0 Å². The zero-order valence-corrected chi connectivity index (χ0v) is 10.2. The molecule has 0 unspecified atom stereocenters. The smallest absolute Gasteiger partial charge is 0.176 e. The summed E-state index contributed by atoms with van der Waals surface area (Å²) in [5, 5.41) is 4.11. The van der Waals surface area contributed by atoms with E-state index in [1.807, 2.05) is 31.2 Å². The normalized spacial score (nSPS) is 26.9. The van der Waals surface area contributed by atoms with Gasteiger partial charge >= 0.3 is 0 Å². The summed E-state index contributed by atoms with van der Waals surface area (Å²) in [5.41, 5.74) is 2.14. The van der Waals surface area contributed by atoms with Crippen molar-refractivity contribution in [3.63, 3.8) is 0 Å². The van der Waals surface area contributed by atoms with Crippen molar-refractivity contribution in [1.29, 1.82) is 0 Å². The third-order valence-electron chi connectivity index (χ3n) is 2.88. The maximum absolute atomic E-state index is 11.5. The molecule has 0 amide bonds. The molecule has 1 N–H and O–H groups in total. The summed E-state index contributed by atoms with van der Waals surface area (Å²) in [6.45, 7) is 3.74. The van der Waals surface area contributed by atoms with Gasteiger partial charge in [-0.1, -0.05) is 17.7 Å². The first-order chi connectivity index (χ1) is 7.49. The van der Waals surface area contributed by atoms with E-state index in [1.165, 1.54) is 11.0 Å². The van der Waals surface area contributed by atoms with Crippen LogP contribution in [0.1, 0.15) is 12.5 Å². The Morgan fingerprint density at radius 1 is 1.19 bits per heavy atom. The summed E-state index contributed by atoms with van der Waals surface area (Å²) in [7, 11) is -3.05. The molecule has 1 aromatic carbocycles. The summed E-state index contributed by atoms with van der Waals surface area (Å²) >= 11 is 0. The van der Waals surface area contributed by atoms with Gasteiger partial charge in [0.2, 0.25) is 0 Å². The molecule has 1 heterocycles. The Kier molecular flexibility index (Phi) is 2.76. The number of nitrogens with one attached hydrogen (secondary N) is 1. The van der Waals surface area contributed by atoms with Gasteiger partial charge in [-0.15, -0.1) is 0 Å². The van der Waals surface area contributed by atoms with Crippen molar-refractivity contribution >= 4 is 15.5 Å². The standard InChI is InChI=1S/C12H15NO2S/c1-9-3-5-11(6-4-9)13-12-7-8-16(14,15)10(12)2/h3-8,10,12-13H,1-2H3/t10-,12-/m0/s1. The molecular formula is C12H15NO2S. The van der Waals surface area contributed by atoms with Gasteiger partial charge in [0.1, 0.15) is 0 Å². The summed E-state index contributed by atoms with van der Waals surface area (Å²) in [5.74, 6) is 0. The van der Waals surface area contributed by atoms with Gasteiger partial charge in [0.15, 0.2) is 9.84 Å². The summed E-state index contributed by atoms with van der Waals surface area (Å²) in [4.78, 5) is 0. The summed E-state index contributed by atoms with van der Waals surface area (Å²) < 4.78 is 23.0. The highest BCUT2D eigenvalue weighted by atomic mass is 32.2. The fourth-order valence-electron chi connectivity index (χ4n) is 1.69. The average Bonchev–Trinajstić information content (AvgIpc) is 2.49. The van der Waals surface area contributed by atoms with Crippen LogP contribution in [0.2, 0.25) is 0 Å². The molecule has 1 aliphatic rings. The van der Waals surface area contributed by atoms with Crippen molar-refractivity contribution in [2.24, 2.45) is 0 Å². The average molecular weight is 237 g/mol. The van der Waals surface area contributed by atoms with Crippen molar-refractivity contribution in [3.8, 4) is 0 Å². The molecule has 86 valence electrons. The molecule has 1 aromatic rings. The molecular weight excluding hydrogens is 222 g/mol. The van der Waals surface area contributed by atoms with E-state index in [4.69, 9.17) is 0 Å². The summed E-state index contributed by atoms with van der Waals surface area (Å²) in [6, 6.07) is 7.79. The van der Waals surface area contributed by atoms with Gasteiger partial charge in [-0.25, -0.2) is 8.42 Å². The SMILES string of the molecule is Cc1ccc(N[C@H]2C=CS(=O)(=O)[C@H]2C)cc1. The highest BCUT2D eigenvalue weighted by Gasteiger charge is 2.31. The number of anilines is 1. The second-order valence-corrected chi connectivity index (χ2v) is 6.35. The van der Waals surface area contributed by atoms with E-state index in [0.717, 1.165) is 5.69 Å². The van der Waals surface area contributed by atoms with Crippen LogP contribution in [0.3, 0.4) is 0 Å². The van der Waals surface area contributed by atoms with Gasteiger partial charge in [-0.3, -0.25) is 0 Å². The number of sulfone groups is 1. The Labute approximate surface area is 96.1 Å². The van der Waals surface area contributed by atoms with E-state index in [-0.39, 0.29) is 6.04 Å². The molecule has 0 aliphatic carbocycles. The van der Waals surface area contributed by atoms with Gasteiger partial charge in [0, 0.05) is 11.1 Å². The molecule has 0 fully saturated rings. The molecule has 0 aromatic heterocycles. The van der Waals surface area contributed by atoms with Crippen molar-refractivity contribution < 1.29 is 8.42 Å². The molecule has 3 nitrogen and oxygen atoms in total. The highest BCUT2D eigenvalue weighted by Crippen LogP contribution is 2.21. The predicted octanol–water partition coefficient (Wildman–Crippen LogP) is 2.11. The minimum absolute atomic E-state index is 0.132. The van der Waals surface area contributed by atoms with Crippen LogP contribution >= 0.6 is 0 Å². The number of benzene rings is 1. The Morgan fingerprint density at radius 3 is 2.31 bits per heavy atom. The molecule has 4 heteroatoms. The van der Waals surface area contributed by atoms with Gasteiger partial charge in [-0.05, 0) is 32.1 Å². The van der Waals surface area contributed by atoms with Gasteiger partial charge in [0.25, 0.3) is 0 Å². The predicted molar refractivity (Wildman–Crippen MR) is 66.1 cm³/mol. The van der Waals surface area contributed by atoms with Gasteiger partial charge in [0.05, 0.1) is 11.3 Å². The van der Waals surface area contributed by atoms with E-state index in [1.54, 1.807) is 13.0 Å². The molecule has 0 bridgehead atoms. The molecule has 16 heavy (non-hydrogen) atoms. The first-order valence-electron chi connectivity index (χ1n) is 5.24. The van der Waals surface area contributed by atoms with Crippen LogP contribution in [0, 0.1) is 6.92 Å². The third kappa shape index (κ3) is 2.11. The molecule has 2 atom stereocenters. The zero-order chi connectivity index (χ0) is 11.8. The minimum atomic E-state index is -3.05. The monoisotopic (exact) mass is 237 g/mol. The minimum Gasteiger partial charge on any atom is -0.377 e. The lowest BCUT2D eigenvalue weighted by Gasteiger charge is -2.17. The van der Waals surface area contributed by atoms with Crippen molar-refractivity contribution in [2.75, 3.05) is 5.32 Å². The van der Waals surface area contributed by atoms with Crippen LogP contribution in [0.15, 0.2) is 35.7 Å². The van der Waals surface area contributed by atoms with Crippen LogP contribution < -0.4 is 5.32 Å². The Morgan fingerprint density at radius 2 is 1.81 bits per heavy atom. The van der Waals surface area contributed by atoms with Crippen molar-refractivity contribution in [1.82, 2.24) is 0 Å². The van der Waals surface area contributed by atoms with Crippen LogP contribution in [0.4, 0.5) is 5.69 Å². The van der Waals surface area contributed by atoms with Crippen molar-refractivity contribution in [2.45, 2.75) is 25.1 Å². The molecule has 0 spiro atoms. The summed E-state index contributed by atoms with van der Waals surface area (Å²) in [6.07, 6.45) is 1.71. The number of rotatable bonds is 2. The molecule has 2 rings (SSSR count). The lowest BCUT2D eigenvalue weighted by Crippen LogP contribution is -2.30. The topological polar surface area (TPSA) is 46.2 Å². The van der Waals surface area contributed by atoms with E-state index in [9.17, 15) is 8.42 Å². The third-order valence-corrected chi connectivity index (χ3v) is 4.75. The molecule has 1 aliphatic heterocycles. The Bertz CT molecular complexity index is 502. The molecule has 0 radical (unpaired) electrons. The Hall–Kier alpha value is -1.29. The van der Waals surface area contributed by atoms with E-state index < -0.39 is 15.1 Å². The zero-order valence-electron chi connectivity index (χ0n) is 9.34. The first-order valence-corrected chi connectivity index (χ1v) is 6.85. The van der Waals surface area contributed by atoms with E-state index in [2.05, 4.69) is 5.32 Å². The Balaban J connectivity index is 2.13. The highest BCUT2D eigenvalue weighted by molar-refractivity contribution is 7.95. The van der Waals surface area contributed by atoms with Crippen LogP contribution in [-0.2, 0) is 9.84 Å². The van der Waals surface area contributed by atoms with Crippen molar-refractivity contribution in [3.05, 3.63) is 41.3 Å². The first kappa shape index (κ1) is 11.2. The number of hydrogen-bond donors (Lipinski definition) is 1. The second kappa shape index (κ2) is 3.94. The fourth-order valence-corrected chi connectivity index (χ4v) is 2.89. The van der Waals surface area contributed by atoms with Gasteiger partial charge in [-0.2, -0.15) is 0 Å². The lowest BCUT2D eigenvalue weighted by molar-refractivity contribution is 0.593. The lowest BCUT2D eigenvalue weighted by atomic mass is 10.2. The van der Waals surface area contributed by atoms with Crippen LogP contribution in [0.25, 0.3) is 0 Å². The second-order valence-electron chi connectivity index (χ2n) is 4.16. The number of hydrogen-bond acceptors (Lipinski definition) is 3. The molecule has 0 saturated heterocycles.